The highest BCUT2D eigenvalue weighted by Crippen LogP contribution is 2.36. The van der Waals surface area contributed by atoms with Gasteiger partial charge in [-0.3, -0.25) is 4.72 Å². The normalized spacial score (nSPS) is 11.4. The number of ether oxygens (including phenoxy) is 1. The van der Waals surface area contributed by atoms with Crippen molar-refractivity contribution in [2.75, 3.05) is 11.8 Å². The van der Waals surface area contributed by atoms with Gasteiger partial charge in [0.05, 0.1) is 17.8 Å². The van der Waals surface area contributed by atoms with Crippen LogP contribution in [-0.4, -0.2) is 25.8 Å². The Kier molecular flexibility index (Phi) is 4.02. The van der Waals surface area contributed by atoms with Gasteiger partial charge in [0.1, 0.15) is 17.2 Å². The van der Waals surface area contributed by atoms with Gasteiger partial charge in [-0.2, -0.15) is 0 Å². The molecular formula is C12H13ClN2O5S. The van der Waals surface area contributed by atoms with E-state index in [9.17, 15) is 13.5 Å². The predicted molar refractivity (Wildman–Crippen MR) is 76.5 cm³/mol. The van der Waals surface area contributed by atoms with E-state index in [1.165, 1.54) is 27.0 Å². The molecule has 0 spiro atoms. The van der Waals surface area contributed by atoms with Crippen molar-refractivity contribution in [3.63, 3.8) is 0 Å². The van der Waals surface area contributed by atoms with Crippen molar-refractivity contribution in [1.82, 2.24) is 5.16 Å². The monoisotopic (exact) mass is 332 g/mol. The van der Waals surface area contributed by atoms with E-state index in [1.54, 1.807) is 0 Å². The van der Waals surface area contributed by atoms with Crippen molar-refractivity contribution in [2.45, 2.75) is 18.7 Å². The van der Waals surface area contributed by atoms with Gasteiger partial charge in [0.15, 0.2) is 10.7 Å². The molecule has 0 bridgehead atoms. The molecule has 2 aromatic rings. The second kappa shape index (κ2) is 5.45. The Morgan fingerprint density at radius 3 is 2.57 bits per heavy atom. The van der Waals surface area contributed by atoms with Gasteiger partial charge >= 0.3 is 0 Å². The topological polar surface area (TPSA) is 102 Å². The Balaban J connectivity index is 2.49. The standard InChI is InChI=1S/C12H13ClN2O5S/c1-6-12(7(2)20-14-6)21(17,18)15-9-5-10(16)8(13)4-11(9)19-3/h4-5,15-16H,1-3H3. The van der Waals surface area contributed by atoms with Crippen molar-refractivity contribution in [3.8, 4) is 11.5 Å². The summed E-state index contributed by atoms with van der Waals surface area (Å²) < 4.78 is 37.0. The van der Waals surface area contributed by atoms with Crippen molar-refractivity contribution in [2.24, 2.45) is 0 Å². The zero-order valence-electron chi connectivity index (χ0n) is 11.5. The summed E-state index contributed by atoms with van der Waals surface area (Å²) in [5, 5.41) is 13.3. The summed E-state index contributed by atoms with van der Waals surface area (Å²) in [7, 11) is -2.58. The van der Waals surface area contributed by atoms with E-state index in [1.807, 2.05) is 0 Å². The summed E-state index contributed by atoms with van der Waals surface area (Å²) in [4.78, 5) is -0.0565. The lowest BCUT2D eigenvalue weighted by atomic mass is 10.3. The van der Waals surface area contributed by atoms with Crippen LogP contribution in [0.2, 0.25) is 5.02 Å². The van der Waals surface area contributed by atoms with Crippen molar-refractivity contribution in [3.05, 3.63) is 28.6 Å². The second-order valence-corrected chi connectivity index (χ2v) is 6.29. The molecule has 21 heavy (non-hydrogen) atoms. The number of nitrogens with zero attached hydrogens (tertiary/aromatic N) is 1. The zero-order chi connectivity index (χ0) is 15.8. The van der Waals surface area contributed by atoms with E-state index >= 15 is 0 Å². The van der Waals surface area contributed by atoms with Crippen molar-refractivity contribution in [1.29, 1.82) is 0 Å². The molecular weight excluding hydrogens is 320 g/mol. The lowest BCUT2D eigenvalue weighted by Crippen LogP contribution is -2.15. The smallest absolute Gasteiger partial charge is 0.267 e. The fraction of sp³-hybridized carbons (Fsp3) is 0.250. The molecule has 9 heteroatoms. The minimum absolute atomic E-state index is 0.0483. The van der Waals surface area contributed by atoms with Crippen LogP contribution in [-0.2, 0) is 10.0 Å². The molecule has 0 aliphatic heterocycles. The number of phenols is 1. The highest BCUT2D eigenvalue weighted by molar-refractivity contribution is 7.92. The van der Waals surface area contributed by atoms with E-state index in [2.05, 4.69) is 9.88 Å². The fourth-order valence-corrected chi connectivity index (χ4v) is 3.39. The number of rotatable bonds is 4. The molecule has 1 aromatic heterocycles. The van der Waals surface area contributed by atoms with E-state index < -0.39 is 10.0 Å². The highest BCUT2D eigenvalue weighted by atomic mass is 35.5. The van der Waals surface area contributed by atoms with Crippen molar-refractivity contribution >= 4 is 27.3 Å². The minimum Gasteiger partial charge on any atom is -0.506 e. The molecule has 1 heterocycles. The SMILES string of the molecule is COc1cc(Cl)c(O)cc1NS(=O)(=O)c1c(C)noc1C. The van der Waals surface area contributed by atoms with E-state index in [4.69, 9.17) is 20.9 Å². The first kappa shape index (κ1) is 15.5. The van der Waals surface area contributed by atoms with E-state index in [0.29, 0.717) is 0 Å². The number of aromatic hydroxyl groups is 1. The molecule has 0 radical (unpaired) electrons. The van der Waals surface area contributed by atoms with Crippen LogP contribution in [0.1, 0.15) is 11.5 Å². The summed E-state index contributed by atoms with van der Waals surface area (Å²) >= 11 is 5.75. The summed E-state index contributed by atoms with van der Waals surface area (Å²) in [5.41, 5.74) is 0.288. The first-order valence-electron chi connectivity index (χ1n) is 5.78. The number of nitrogens with one attached hydrogen (secondary N) is 1. The number of aromatic nitrogens is 1. The summed E-state index contributed by atoms with van der Waals surface area (Å²) in [5.74, 6) is 0.0687. The first-order chi connectivity index (χ1) is 9.76. The molecule has 2 rings (SSSR count). The van der Waals surface area contributed by atoms with E-state index in [-0.39, 0.29) is 38.6 Å². The molecule has 0 atom stereocenters. The number of hydrogen-bond acceptors (Lipinski definition) is 6. The predicted octanol–water partition coefficient (Wildman–Crippen LogP) is 2.46. The van der Waals surface area contributed by atoms with E-state index in [0.717, 1.165) is 6.07 Å². The second-order valence-electron chi connectivity index (χ2n) is 4.26. The third-order valence-electron chi connectivity index (χ3n) is 2.75. The van der Waals surface area contributed by atoms with Gasteiger partial charge in [-0.1, -0.05) is 16.8 Å². The molecule has 0 fully saturated rings. The van der Waals surface area contributed by atoms with Gasteiger partial charge in [-0.05, 0) is 13.8 Å². The zero-order valence-corrected chi connectivity index (χ0v) is 13.0. The number of hydrogen-bond donors (Lipinski definition) is 2. The van der Waals surface area contributed by atoms with Crippen LogP contribution < -0.4 is 9.46 Å². The van der Waals surface area contributed by atoms with Gasteiger partial charge in [0, 0.05) is 12.1 Å². The molecule has 0 saturated heterocycles. The molecule has 114 valence electrons. The van der Waals surface area contributed by atoms with Gasteiger partial charge in [0.25, 0.3) is 10.0 Å². The number of sulfonamides is 1. The van der Waals surface area contributed by atoms with Crippen LogP contribution in [0, 0.1) is 13.8 Å². The molecule has 7 nitrogen and oxygen atoms in total. The average Bonchev–Trinajstić information content (AvgIpc) is 2.73. The number of aryl methyl sites for hydroxylation is 2. The van der Waals surface area contributed by atoms with Gasteiger partial charge in [-0.25, -0.2) is 8.42 Å². The van der Waals surface area contributed by atoms with Crippen LogP contribution in [0.5, 0.6) is 11.5 Å². The summed E-state index contributed by atoms with van der Waals surface area (Å²) in [6, 6.07) is 2.47. The molecule has 0 aliphatic carbocycles. The number of methoxy groups -OCH3 is 1. The van der Waals surface area contributed by atoms with Gasteiger partial charge in [-0.15, -0.1) is 0 Å². The number of anilines is 1. The molecule has 2 N–H and O–H groups in total. The maximum atomic E-state index is 12.4. The molecule has 0 amide bonds. The quantitative estimate of drug-likeness (QED) is 0.891. The molecule has 1 aromatic carbocycles. The Morgan fingerprint density at radius 2 is 2.05 bits per heavy atom. The lowest BCUT2D eigenvalue weighted by Gasteiger charge is -2.12. The Labute approximate surface area is 126 Å². The highest BCUT2D eigenvalue weighted by Gasteiger charge is 2.25. The van der Waals surface area contributed by atoms with Crippen LogP contribution in [0.25, 0.3) is 0 Å². The Morgan fingerprint density at radius 1 is 1.38 bits per heavy atom. The molecule has 0 unspecified atom stereocenters. The van der Waals surface area contributed by atoms with Crippen LogP contribution in [0.3, 0.4) is 0 Å². The number of benzene rings is 1. The minimum atomic E-state index is -3.93. The van der Waals surface area contributed by atoms with Crippen LogP contribution in [0.4, 0.5) is 5.69 Å². The molecule has 0 saturated carbocycles. The Hall–Kier alpha value is -1.93. The third kappa shape index (κ3) is 2.91. The van der Waals surface area contributed by atoms with Gasteiger partial charge in [0.2, 0.25) is 0 Å². The van der Waals surface area contributed by atoms with Crippen LogP contribution >= 0.6 is 11.6 Å². The third-order valence-corrected chi connectivity index (χ3v) is 4.66. The largest absolute Gasteiger partial charge is 0.506 e. The van der Waals surface area contributed by atoms with Crippen LogP contribution in [0.15, 0.2) is 21.6 Å². The summed E-state index contributed by atoms with van der Waals surface area (Å²) in [6.45, 7) is 3.01. The molecule has 0 aliphatic rings. The van der Waals surface area contributed by atoms with Gasteiger partial charge < -0.3 is 14.4 Å². The summed E-state index contributed by atoms with van der Waals surface area (Å²) in [6.07, 6.45) is 0. The number of phenolic OH excluding ortho intramolecular Hbond substituents is 1. The number of halogens is 1. The first-order valence-corrected chi connectivity index (χ1v) is 7.64. The average molecular weight is 333 g/mol. The fourth-order valence-electron chi connectivity index (χ4n) is 1.85. The Bertz CT molecular complexity index is 766. The maximum absolute atomic E-state index is 12.4. The maximum Gasteiger partial charge on any atom is 0.267 e. The van der Waals surface area contributed by atoms with Crippen molar-refractivity contribution < 1.29 is 22.8 Å². The lowest BCUT2D eigenvalue weighted by molar-refractivity contribution is 0.390.